The first kappa shape index (κ1) is 21.4. The molecule has 2 aliphatic rings. The van der Waals surface area contributed by atoms with Crippen molar-refractivity contribution >= 4 is 56.0 Å². The predicted molar refractivity (Wildman–Crippen MR) is 122 cm³/mol. The minimum atomic E-state index is -3.95. The maximum atomic E-state index is 13.3. The third kappa shape index (κ3) is 3.58. The Morgan fingerprint density at radius 1 is 1.19 bits per heavy atom. The number of fused-ring (bicyclic) bond motifs is 2. The summed E-state index contributed by atoms with van der Waals surface area (Å²) in [7, 11) is -3.95. The van der Waals surface area contributed by atoms with Gasteiger partial charge in [-0.25, -0.2) is 23.4 Å². The van der Waals surface area contributed by atoms with Crippen LogP contribution in [0.4, 0.5) is 5.82 Å². The molecular formula is C20H19ClN6O3S2. The number of rotatable bonds is 4. The number of hydrogen-bond donors (Lipinski definition) is 1. The molecule has 3 aromatic rings. The standard InChI is InChI=1S/C20H19ClN6O3S2/c21-20(9-14-2-1-5-23-19(14)31-20)32(29,30)27-7-6-26(17(28)11-27)10-13-3-4-15-16(8-13)24-12-25-18(15)22/h1-5,8,12H,6-7,9-11H2,(H2,22,24,25). The number of carbonyl (C=O) groups excluding carboxylic acids is 1. The Labute approximate surface area is 194 Å². The lowest BCUT2D eigenvalue weighted by atomic mass is 10.1. The van der Waals surface area contributed by atoms with E-state index in [1.165, 1.54) is 10.6 Å². The van der Waals surface area contributed by atoms with E-state index >= 15 is 0 Å². The molecule has 12 heteroatoms. The molecule has 5 rings (SSSR count). The number of nitrogens with zero attached hydrogens (tertiary/aromatic N) is 5. The van der Waals surface area contributed by atoms with E-state index in [1.807, 2.05) is 24.3 Å². The zero-order valence-electron chi connectivity index (χ0n) is 16.8. The van der Waals surface area contributed by atoms with E-state index in [4.69, 9.17) is 17.3 Å². The van der Waals surface area contributed by atoms with Gasteiger partial charge < -0.3 is 10.6 Å². The van der Waals surface area contributed by atoms with Gasteiger partial charge in [-0.05, 0) is 29.3 Å². The molecule has 1 amide bonds. The van der Waals surface area contributed by atoms with Crippen LogP contribution in [0.15, 0.2) is 47.9 Å². The molecule has 166 valence electrons. The smallest absolute Gasteiger partial charge is 0.244 e. The number of pyridine rings is 1. The third-order valence-electron chi connectivity index (χ3n) is 5.61. The Bertz CT molecular complexity index is 1310. The van der Waals surface area contributed by atoms with E-state index in [0.717, 1.165) is 28.3 Å². The molecular weight excluding hydrogens is 472 g/mol. The second-order valence-electron chi connectivity index (χ2n) is 7.67. The first-order valence-electron chi connectivity index (χ1n) is 9.85. The van der Waals surface area contributed by atoms with Crippen LogP contribution in [0, 0.1) is 0 Å². The van der Waals surface area contributed by atoms with Gasteiger partial charge in [0.15, 0.2) is 0 Å². The van der Waals surface area contributed by atoms with Crippen molar-refractivity contribution in [3.05, 3.63) is 54.0 Å². The van der Waals surface area contributed by atoms with Crippen LogP contribution in [-0.4, -0.2) is 61.7 Å². The van der Waals surface area contributed by atoms with Crippen LogP contribution >= 0.6 is 23.4 Å². The average molecular weight is 491 g/mol. The Kier molecular flexibility index (Phi) is 5.24. The van der Waals surface area contributed by atoms with Crippen LogP contribution in [0.5, 0.6) is 0 Å². The van der Waals surface area contributed by atoms with E-state index in [0.29, 0.717) is 22.9 Å². The zero-order valence-corrected chi connectivity index (χ0v) is 19.2. The van der Waals surface area contributed by atoms with E-state index < -0.39 is 13.6 Å². The lowest BCUT2D eigenvalue weighted by Crippen LogP contribution is -2.55. The molecule has 1 saturated heterocycles. The fourth-order valence-corrected chi connectivity index (χ4v) is 7.75. The molecule has 0 saturated carbocycles. The minimum Gasteiger partial charge on any atom is -0.383 e. The van der Waals surface area contributed by atoms with Crippen molar-refractivity contribution in [3.8, 4) is 0 Å². The highest BCUT2D eigenvalue weighted by Gasteiger charge is 2.52. The summed E-state index contributed by atoms with van der Waals surface area (Å²) in [5.41, 5.74) is 8.23. The number of nitrogen functional groups attached to an aromatic ring is 1. The summed E-state index contributed by atoms with van der Waals surface area (Å²) in [5.74, 6) is 0.120. The number of nitrogens with two attached hydrogens (primary N) is 1. The Hall–Kier alpha value is -2.47. The molecule has 1 atom stereocenters. The van der Waals surface area contributed by atoms with Crippen LogP contribution in [0.3, 0.4) is 0 Å². The molecule has 0 radical (unpaired) electrons. The second-order valence-corrected chi connectivity index (χ2v) is 12.5. The highest BCUT2D eigenvalue weighted by Crippen LogP contribution is 2.51. The third-order valence-corrected chi connectivity index (χ3v) is 10.4. The number of aromatic nitrogens is 3. The van der Waals surface area contributed by atoms with Crippen LogP contribution in [0.1, 0.15) is 11.1 Å². The van der Waals surface area contributed by atoms with Crippen LogP contribution < -0.4 is 5.73 Å². The fourth-order valence-electron chi connectivity index (χ4n) is 3.90. The molecule has 0 bridgehead atoms. The molecule has 0 spiro atoms. The number of halogens is 1. The van der Waals surface area contributed by atoms with Gasteiger partial charge in [-0.2, -0.15) is 4.31 Å². The maximum absolute atomic E-state index is 13.3. The number of carbonyl (C=O) groups is 1. The summed E-state index contributed by atoms with van der Waals surface area (Å²) >= 11 is 7.61. The average Bonchev–Trinajstić information content (AvgIpc) is 3.13. The lowest BCUT2D eigenvalue weighted by molar-refractivity contribution is -0.134. The van der Waals surface area contributed by atoms with Crippen molar-refractivity contribution < 1.29 is 13.2 Å². The second kappa shape index (κ2) is 7.84. The van der Waals surface area contributed by atoms with E-state index in [-0.39, 0.29) is 32.0 Å². The number of hydrogen-bond acceptors (Lipinski definition) is 8. The van der Waals surface area contributed by atoms with Gasteiger partial charge in [0.2, 0.25) is 19.5 Å². The number of benzene rings is 1. The number of sulfonamides is 1. The quantitative estimate of drug-likeness (QED) is 0.549. The van der Waals surface area contributed by atoms with Gasteiger partial charge in [0.1, 0.15) is 17.2 Å². The summed E-state index contributed by atoms with van der Waals surface area (Å²) in [5, 5.41) is 1.35. The highest BCUT2D eigenvalue weighted by atomic mass is 35.5. The van der Waals surface area contributed by atoms with Crippen molar-refractivity contribution in [1.29, 1.82) is 0 Å². The summed E-state index contributed by atoms with van der Waals surface area (Å²) < 4.78 is 26.2. The molecule has 2 aromatic heterocycles. The number of amides is 1. The first-order valence-corrected chi connectivity index (χ1v) is 12.5. The number of thioether (sulfide) groups is 1. The summed E-state index contributed by atoms with van der Waals surface area (Å²) in [4.78, 5) is 26.9. The molecule has 2 aliphatic heterocycles. The van der Waals surface area contributed by atoms with Gasteiger partial charge in [0, 0.05) is 37.6 Å². The molecule has 9 nitrogen and oxygen atoms in total. The van der Waals surface area contributed by atoms with Crippen molar-refractivity contribution in [3.63, 3.8) is 0 Å². The van der Waals surface area contributed by atoms with Gasteiger partial charge in [-0.1, -0.05) is 35.5 Å². The van der Waals surface area contributed by atoms with Crippen molar-refractivity contribution in [2.24, 2.45) is 0 Å². The predicted octanol–water partition coefficient (Wildman–Crippen LogP) is 1.82. The minimum absolute atomic E-state index is 0.140. The van der Waals surface area contributed by atoms with Gasteiger partial charge >= 0.3 is 0 Å². The molecule has 1 unspecified atom stereocenters. The van der Waals surface area contributed by atoms with E-state index in [1.54, 1.807) is 17.2 Å². The van der Waals surface area contributed by atoms with Crippen LogP contribution in [0.25, 0.3) is 10.9 Å². The van der Waals surface area contributed by atoms with E-state index in [2.05, 4.69) is 15.0 Å². The Morgan fingerprint density at radius 2 is 2.03 bits per heavy atom. The van der Waals surface area contributed by atoms with Gasteiger partial charge in [-0.3, -0.25) is 4.79 Å². The summed E-state index contributed by atoms with van der Waals surface area (Å²) in [6.45, 7) is 0.549. The highest BCUT2D eigenvalue weighted by molar-refractivity contribution is 8.16. The van der Waals surface area contributed by atoms with E-state index in [9.17, 15) is 13.2 Å². The number of alkyl halides is 1. The monoisotopic (exact) mass is 490 g/mol. The van der Waals surface area contributed by atoms with Crippen molar-refractivity contribution in [1.82, 2.24) is 24.2 Å². The topological polar surface area (TPSA) is 122 Å². The van der Waals surface area contributed by atoms with Crippen molar-refractivity contribution in [2.75, 3.05) is 25.4 Å². The molecule has 0 aliphatic carbocycles. The lowest BCUT2D eigenvalue weighted by Gasteiger charge is -2.36. The van der Waals surface area contributed by atoms with Gasteiger partial charge in [0.05, 0.1) is 12.1 Å². The number of anilines is 1. The zero-order chi connectivity index (χ0) is 22.5. The van der Waals surface area contributed by atoms with Crippen LogP contribution in [0.2, 0.25) is 0 Å². The SMILES string of the molecule is Nc1ncnc2cc(CN3CCN(S(=O)(=O)C4(Cl)Cc5cccnc5S4)CC3=O)ccc12. The molecule has 32 heavy (non-hydrogen) atoms. The fraction of sp³-hybridized carbons (Fsp3) is 0.300. The molecule has 1 aromatic carbocycles. The largest absolute Gasteiger partial charge is 0.383 e. The van der Waals surface area contributed by atoms with Gasteiger partial charge in [-0.15, -0.1) is 0 Å². The van der Waals surface area contributed by atoms with Crippen LogP contribution in [-0.2, 0) is 27.8 Å². The first-order chi connectivity index (χ1) is 15.3. The molecule has 2 N–H and O–H groups in total. The number of piperazine rings is 1. The summed E-state index contributed by atoms with van der Waals surface area (Å²) in [6, 6.07) is 9.12. The molecule has 4 heterocycles. The normalized spacial score (nSPS) is 21.8. The van der Waals surface area contributed by atoms with Crippen molar-refractivity contribution in [2.45, 2.75) is 21.5 Å². The maximum Gasteiger partial charge on any atom is 0.244 e. The summed E-state index contributed by atoms with van der Waals surface area (Å²) in [6.07, 6.45) is 3.14. The Morgan fingerprint density at radius 3 is 2.81 bits per heavy atom. The molecule has 1 fully saturated rings. The van der Waals surface area contributed by atoms with Gasteiger partial charge in [0.25, 0.3) is 0 Å². The Balaban J connectivity index is 1.30.